The van der Waals surface area contributed by atoms with Gasteiger partial charge in [-0.05, 0) is 67.4 Å². The molecule has 1 aromatic heterocycles. The lowest BCUT2D eigenvalue weighted by molar-refractivity contribution is -0.117. The normalized spacial score (nSPS) is 19.0. The Balaban J connectivity index is 1.31. The van der Waals surface area contributed by atoms with Gasteiger partial charge in [0.25, 0.3) is 0 Å². The number of benzene rings is 3. The van der Waals surface area contributed by atoms with E-state index in [2.05, 4.69) is 72.1 Å². The summed E-state index contributed by atoms with van der Waals surface area (Å²) in [5.41, 5.74) is 6.13. The van der Waals surface area contributed by atoms with Crippen molar-refractivity contribution in [1.29, 1.82) is 0 Å². The van der Waals surface area contributed by atoms with Crippen LogP contribution in [-0.4, -0.2) is 68.8 Å². The Morgan fingerprint density at radius 3 is 2.39 bits per heavy atom. The van der Waals surface area contributed by atoms with Crippen LogP contribution in [0.3, 0.4) is 0 Å². The van der Waals surface area contributed by atoms with Gasteiger partial charge in [0, 0.05) is 49.0 Å². The molecule has 0 bridgehead atoms. The topological polar surface area (TPSA) is 58.1 Å². The highest BCUT2D eigenvalue weighted by Crippen LogP contribution is 2.41. The molecule has 0 spiro atoms. The van der Waals surface area contributed by atoms with Crippen molar-refractivity contribution in [2.75, 3.05) is 50.7 Å². The summed E-state index contributed by atoms with van der Waals surface area (Å²) in [4.78, 5) is 25.3. The maximum atomic E-state index is 13.9. The number of rotatable bonds is 6. The molecule has 6 rings (SSSR count). The number of fused-ring (bicyclic) bond motifs is 2. The number of pyridine rings is 1. The van der Waals surface area contributed by atoms with E-state index in [0.717, 1.165) is 64.2 Å². The number of ether oxygens (including phenoxy) is 2. The highest BCUT2D eigenvalue weighted by Gasteiger charge is 2.32. The third-order valence-electron chi connectivity index (χ3n) is 8.84. The molecule has 3 heterocycles. The summed E-state index contributed by atoms with van der Waals surface area (Å²) in [5.74, 6) is 1.57. The number of likely N-dealkylation sites (N-methyl/N-ethyl adjacent to an activating group) is 1. The molecule has 212 valence electrons. The van der Waals surface area contributed by atoms with Gasteiger partial charge >= 0.3 is 0 Å². The number of anilines is 2. The lowest BCUT2D eigenvalue weighted by Crippen LogP contribution is -2.55. The molecule has 0 N–H and O–H groups in total. The molecule has 0 saturated carbocycles. The van der Waals surface area contributed by atoms with E-state index in [1.165, 1.54) is 5.56 Å². The Hall–Kier alpha value is -4.10. The number of hydrogen-bond acceptors (Lipinski definition) is 6. The quantitative estimate of drug-likeness (QED) is 0.313. The summed E-state index contributed by atoms with van der Waals surface area (Å²) in [7, 11) is 5.55. The lowest BCUT2D eigenvalue weighted by atomic mass is 9.95. The number of carbonyl (C=O) groups excluding carboxylic acids is 1. The van der Waals surface area contributed by atoms with Gasteiger partial charge in [0.1, 0.15) is 5.75 Å². The molecule has 4 aromatic rings. The summed E-state index contributed by atoms with van der Waals surface area (Å²) in [5, 5.41) is 2.14. The van der Waals surface area contributed by atoms with E-state index in [-0.39, 0.29) is 5.91 Å². The first kappa shape index (κ1) is 27.1. The Morgan fingerprint density at radius 2 is 1.66 bits per heavy atom. The van der Waals surface area contributed by atoms with Gasteiger partial charge in [0.15, 0.2) is 0 Å². The van der Waals surface area contributed by atoms with Crippen LogP contribution in [0.1, 0.15) is 25.0 Å². The average Bonchev–Trinajstić information content (AvgIpc) is 3.42. The van der Waals surface area contributed by atoms with Crippen LogP contribution in [0, 0.1) is 0 Å². The Morgan fingerprint density at radius 1 is 0.902 bits per heavy atom. The number of carbonyl (C=O) groups is 1. The van der Waals surface area contributed by atoms with Gasteiger partial charge < -0.3 is 19.3 Å². The van der Waals surface area contributed by atoms with Crippen LogP contribution in [0.15, 0.2) is 66.7 Å². The number of methoxy groups -OCH3 is 2. The van der Waals surface area contributed by atoms with Gasteiger partial charge in [-0.3, -0.25) is 9.69 Å². The Bertz CT molecular complexity index is 1590. The highest BCUT2D eigenvalue weighted by molar-refractivity contribution is 6.03. The summed E-state index contributed by atoms with van der Waals surface area (Å²) < 4.78 is 11.2. The molecule has 0 unspecified atom stereocenters. The molecular weight excluding hydrogens is 512 g/mol. The third kappa shape index (κ3) is 4.99. The first-order valence-corrected chi connectivity index (χ1v) is 14.4. The van der Waals surface area contributed by atoms with E-state index in [1.54, 1.807) is 14.2 Å². The van der Waals surface area contributed by atoms with Crippen LogP contribution in [0.5, 0.6) is 11.6 Å². The largest absolute Gasteiger partial charge is 0.495 e. The van der Waals surface area contributed by atoms with Gasteiger partial charge in [-0.1, -0.05) is 42.5 Å². The Labute approximate surface area is 242 Å². The number of aromatic nitrogens is 1. The van der Waals surface area contributed by atoms with Crippen LogP contribution >= 0.6 is 0 Å². The maximum absolute atomic E-state index is 13.9. The maximum Gasteiger partial charge on any atom is 0.231 e. The molecule has 2 atom stereocenters. The van der Waals surface area contributed by atoms with Crippen LogP contribution in [0.2, 0.25) is 0 Å². The van der Waals surface area contributed by atoms with E-state index in [4.69, 9.17) is 9.47 Å². The fraction of sp³-hybridized carbons (Fsp3) is 0.353. The molecule has 0 radical (unpaired) electrons. The van der Waals surface area contributed by atoms with Crippen LogP contribution in [-0.2, 0) is 17.6 Å². The second-order valence-electron chi connectivity index (χ2n) is 11.3. The second kappa shape index (κ2) is 11.1. The van der Waals surface area contributed by atoms with Gasteiger partial charge in [-0.25, -0.2) is 4.98 Å². The minimum atomic E-state index is 0.109. The van der Waals surface area contributed by atoms with Crippen molar-refractivity contribution in [2.45, 2.75) is 38.8 Å². The van der Waals surface area contributed by atoms with E-state index >= 15 is 0 Å². The van der Waals surface area contributed by atoms with Gasteiger partial charge in [-0.15, -0.1) is 0 Å². The molecule has 41 heavy (non-hydrogen) atoms. The number of piperazine rings is 1. The molecule has 1 amide bonds. The minimum Gasteiger partial charge on any atom is -0.495 e. The zero-order chi connectivity index (χ0) is 28.7. The fourth-order valence-corrected chi connectivity index (χ4v) is 6.35. The second-order valence-corrected chi connectivity index (χ2v) is 11.3. The van der Waals surface area contributed by atoms with Crippen molar-refractivity contribution in [2.24, 2.45) is 0 Å². The van der Waals surface area contributed by atoms with Gasteiger partial charge in [0.2, 0.25) is 11.8 Å². The van der Waals surface area contributed by atoms with E-state index in [1.807, 2.05) is 35.2 Å². The molecule has 7 nitrogen and oxygen atoms in total. The smallest absolute Gasteiger partial charge is 0.231 e. The molecule has 7 heteroatoms. The summed E-state index contributed by atoms with van der Waals surface area (Å²) in [6.45, 7) is 7.05. The van der Waals surface area contributed by atoms with Crippen molar-refractivity contribution < 1.29 is 14.3 Å². The molecule has 2 aliphatic heterocycles. The molecule has 2 aliphatic rings. The number of amides is 1. The Kier molecular flexibility index (Phi) is 7.30. The summed E-state index contributed by atoms with van der Waals surface area (Å²) in [6, 6.07) is 23.4. The summed E-state index contributed by atoms with van der Waals surface area (Å²) >= 11 is 0. The minimum absolute atomic E-state index is 0.109. The zero-order valence-electron chi connectivity index (χ0n) is 24.6. The van der Waals surface area contributed by atoms with E-state index in [9.17, 15) is 4.79 Å². The van der Waals surface area contributed by atoms with Gasteiger partial charge in [0.05, 0.1) is 32.0 Å². The molecule has 0 aliphatic carbocycles. The zero-order valence-corrected chi connectivity index (χ0v) is 24.6. The number of hydrogen-bond donors (Lipinski definition) is 0. The highest BCUT2D eigenvalue weighted by atomic mass is 16.5. The van der Waals surface area contributed by atoms with Crippen LogP contribution < -0.4 is 19.3 Å². The van der Waals surface area contributed by atoms with E-state index in [0.29, 0.717) is 30.9 Å². The first-order chi connectivity index (χ1) is 19.9. The van der Waals surface area contributed by atoms with Crippen molar-refractivity contribution in [1.82, 2.24) is 9.88 Å². The SMILES string of the molecule is COc1cccc(-c2ccc(CC(=O)N3CCc4cc(OC)c(N5C[C@@H](C)N(C)[C@@H](C)C5)cc43)c3ccccc23)n1. The van der Waals surface area contributed by atoms with Crippen molar-refractivity contribution in [3.05, 3.63) is 77.9 Å². The van der Waals surface area contributed by atoms with Gasteiger partial charge in [-0.2, -0.15) is 0 Å². The average molecular weight is 551 g/mol. The predicted molar refractivity (Wildman–Crippen MR) is 165 cm³/mol. The van der Waals surface area contributed by atoms with Crippen molar-refractivity contribution in [3.8, 4) is 22.9 Å². The third-order valence-corrected chi connectivity index (χ3v) is 8.84. The lowest BCUT2D eigenvalue weighted by Gasteiger charge is -2.44. The fourth-order valence-electron chi connectivity index (χ4n) is 6.35. The predicted octanol–water partition coefficient (Wildman–Crippen LogP) is 5.58. The van der Waals surface area contributed by atoms with Crippen LogP contribution in [0.25, 0.3) is 22.0 Å². The number of nitrogens with zero attached hydrogens (tertiary/aromatic N) is 4. The summed E-state index contributed by atoms with van der Waals surface area (Å²) in [6.07, 6.45) is 1.16. The van der Waals surface area contributed by atoms with E-state index < -0.39 is 0 Å². The first-order valence-electron chi connectivity index (χ1n) is 14.4. The molecule has 3 aromatic carbocycles. The standard InChI is InChI=1S/C34H38N4O3/c1-22-20-37(21-23(2)36(22)3)31-19-30-25(17-32(31)40-4)15-16-38(30)34(39)18-24-13-14-28(27-10-7-6-9-26(24)27)29-11-8-12-33(35-29)41-5/h6-14,17,19,22-23H,15-16,18,20-21H2,1-5H3/t22-,23+. The van der Waals surface area contributed by atoms with Crippen LogP contribution in [0.4, 0.5) is 11.4 Å². The molecule has 1 fully saturated rings. The molecule has 1 saturated heterocycles. The molecular formula is C34H38N4O3. The van der Waals surface area contributed by atoms with Crippen molar-refractivity contribution in [3.63, 3.8) is 0 Å². The van der Waals surface area contributed by atoms with Crippen molar-refractivity contribution >= 4 is 28.1 Å². The monoisotopic (exact) mass is 550 g/mol.